The first-order valence-electron chi connectivity index (χ1n) is 8.08. The summed E-state index contributed by atoms with van der Waals surface area (Å²) in [5, 5.41) is 10.9. The van der Waals surface area contributed by atoms with E-state index in [9.17, 15) is 0 Å². The molecule has 114 valence electrons. The Kier molecular flexibility index (Phi) is 3.73. The van der Waals surface area contributed by atoms with E-state index >= 15 is 0 Å². The molecule has 2 aromatic heterocycles. The van der Waals surface area contributed by atoms with Crippen LogP contribution in [0.3, 0.4) is 0 Å². The molecule has 0 amide bonds. The average Bonchev–Trinajstić information content (AvgIpc) is 3.26. The monoisotopic (exact) mass is 312 g/mol. The Morgan fingerprint density at radius 2 is 2.27 bits per heavy atom. The second kappa shape index (κ2) is 5.86. The minimum atomic E-state index is 0.574. The summed E-state index contributed by atoms with van der Waals surface area (Å²) in [7, 11) is 0. The summed E-state index contributed by atoms with van der Waals surface area (Å²) in [6, 6.07) is 4.82. The van der Waals surface area contributed by atoms with Gasteiger partial charge in [0.15, 0.2) is 0 Å². The summed E-state index contributed by atoms with van der Waals surface area (Å²) in [6.45, 7) is 3.21. The first-order valence-corrected chi connectivity index (χ1v) is 8.96. The maximum atomic E-state index is 8.92. The molecule has 2 aromatic rings. The number of aromatic nitrogens is 2. The summed E-state index contributed by atoms with van der Waals surface area (Å²) < 4.78 is 2.45. The standard InChI is InChI=1S/C17H20N4S/c18-8-13-7-15(22-11-13)10-20-6-5-14(9-20)21-12-19-16-3-1-2-4-17(16)21/h7,11-12,14H,1-6,9-10H2. The molecule has 22 heavy (non-hydrogen) atoms. The molecule has 4 nitrogen and oxygen atoms in total. The maximum Gasteiger partial charge on any atom is 0.100 e. The zero-order valence-electron chi connectivity index (χ0n) is 12.7. The smallest absolute Gasteiger partial charge is 0.100 e. The Labute approximate surface area is 135 Å². The van der Waals surface area contributed by atoms with Crippen LogP contribution < -0.4 is 0 Å². The minimum absolute atomic E-state index is 0.574. The first kappa shape index (κ1) is 14.0. The van der Waals surface area contributed by atoms with Gasteiger partial charge < -0.3 is 4.57 Å². The quantitative estimate of drug-likeness (QED) is 0.874. The molecule has 5 heteroatoms. The van der Waals surface area contributed by atoms with Crippen molar-refractivity contribution in [3.63, 3.8) is 0 Å². The zero-order chi connectivity index (χ0) is 14.9. The van der Waals surface area contributed by atoms with Gasteiger partial charge in [-0.05, 0) is 38.2 Å². The fraction of sp³-hybridized carbons (Fsp3) is 0.529. The lowest BCUT2D eigenvalue weighted by Gasteiger charge is -2.20. The van der Waals surface area contributed by atoms with Gasteiger partial charge in [-0.25, -0.2) is 4.98 Å². The predicted molar refractivity (Wildman–Crippen MR) is 86.8 cm³/mol. The number of imidazole rings is 1. The van der Waals surface area contributed by atoms with Gasteiger partial charge in [-0.1, -0.05) is 0 Å². The summed E-state index contributed by atoms with van der Waals surface area (Å²) in [6.07, 6.45) is 8.23. The van der Waals surface area contributed by atoms with Crippen LogP contribution in [0.1, 0.15) is 47.1 Å². The number of thiophene rings is 1. The van der Waals surface area contributed by atoms with Crippen molar-refractivity contribution in [1.82, 2.24) is 14.5 Å². The summed E-state index contributed by atoms with van der Waals surface area (Å²) in [4.78, 5) is 8.44. The lowest BCUT2D eigenvalue weighted by atomic mass is 10.0. The van der Waals surface area contributed by atoms with E-state index in [1.165, 1.54) is 41.9 Å². The van der Waals surface area contributed by atoms with E-state index in [1.54, 1.807) is 11.3 Å². The van der Waals surface area contributed by atoms with Crippen molar-refractivity contribution in [3.8, 4) is 6.07 Å². The fourth-order valence-electron chi connectivity index (χ4n) is 3.73. The SMILES string of the molecule is N#Cc1csc(CN2CCC(n3cnc4c3CCCC4)C2)c1. The Morgan fingerprint density at radius 1 is 1.36 bits per heavy atom. The lowest BCUT2D eigenvalue weighted by Crippen LogP contribution is -2.21. The third-order valence-electron chi connectivity index (χ3n) is 4.86. The number of hydrogen-bond donors (Lipinski definition) is 0. The molecule has 1 aliphatic carbocycles. The second-order valence-corrected chi connectivity index (χ2v) is 7.34. The van der Waals surface area contributed by atoms with Crippen molar-refractivity contribution in [3.05, 3.63) is 39.6 Å². The van der Waals surface area contributed by atoms with E-state index < -0.39 is 0 Å². The van der Waals surface area contributed by atoms with Crippen LogP contribution in [0, 0.1) is 11.3 Å². The molecule has 3 heterocycles. The van der Waals surface area contributed by atoms with E-state index in [0.29, 0.717) is 6.04 Å². The Bertz CT molecular complexity index is 709. The van der Waals surface area contributed by atoms with E-state index in [2.05, 4.69) is 26.8 Å². The number of rotatable bonds is 3. The predicted octanol–water partition coefficient (Wildman–Crippen LogP) is 3.14. The Morgan fingerprint density at radius 3 is 3.14 bits per heavy atom. The average molecular weight is 312 g/mol. The van der Waals surface area contributed by atoms with E-state index in [0.717, 1.165) is 31.6 Å². The van der Waals surface area contributed by atoms with Gasteiger partial charge in [0, 0.05) is 41.6 Å². The minimum Gasteiger partial charge on any atom is -0.330 e. The molecule has 1 fully saturated rings. The van der Waals surface area contributed by atoms with Gasteiger partial charge in [0.05, 0.1) is 17.6 Å². The summed E-state index contributed by atoms with van der Waals surface area (Å²) in [5.74, 6) is 0. The molecule has 0 N–H and O–H groups in total. The zero-order valence-corrected chi connectivity index (χ0v) is 13.5. The normalized spacial score (nSPS) is 21.7. The van der Waals surface area contributed by atoms with Crippen LogP contribution in [0.25, 0.3) is 0 Å². The van der Waals surface area contributed by atoms with Crippen LogP contribution in [0.15, 0.2) is 17.8 Å². The molecule has 1 atom stereocenters. The van der Waals surface area contributed by atoms with E-state index in [-0.39, 0.29) is 0 Å². The molecule has 4 rings (SSSR count). The van der Waals surface area contributed by atoms with Crippen molar-refractivity contribution < 1.29 is 0 Å². The molecule has 2 aliphatic rings. The van der Waals surface area contributed by atoms with E-state index in [4.69, 9.17) is 5.26 Å². The third-order valence-corrected chi connectivity index (χ3v) is 5.78. The number of fused-ring (bicyclic) bond motifs is 1. The van der Waals surface area contributed by atoms with Crippen molar-refractivity contribution >= 4 is 11.3 Å². The van der Waals surface area contributed by atoms with Crippen LogP contribution in [0.5, 0.6) is 0 Å². The lowest BCUT2D eigenvalue weighted by molar-refractivity contribution is 0.317. The molecule has 0 spiro atoms. The third kappa shape index (κ3) is 2.57. The molecule has 1 aliphatic heterocycles. The van der Waals surface area contributed by atoms with Crippen LogP contribution in [0.4, 0.5) is 0 Å². The van der Waals surface area contributed by atoms with Crippen molar-refractivity contribution in [1.29, 1.82) is 5.26 Å². The van der Waals surface area contributed by atoms with E-state index in [1.807, 2.05) is 11.4 Å². The Hall–Kier alpha value is -1.64. The van der Waals surface area contributed by atoms with Crippen molar-refractivity contribution in [2.24, 2.45) is 0 Å². The molecular weight excluding hydrogens is 292 g/mol. The molecule has 1 saturated heterocycles. The number of hydrogen-bond acceptors (Lipinski definition) is 4. The van der Waals surface area contributed by atoms with Crippen LogP contribution in [0.2, 0.25) is 0 Å². The van der Waals surface area contributed by atoms with Crippen molar-refractivity contribution in [2.75, 3.05) is 13.1 Å². The molecule has 0 aromatic carbocycles. The number of nitriles is 1. The first-order chi connectivity index (χ1) is 10.8. The van der Waals surface area contributed by atoms with Gasteiger partial charge in [-0.15, -0.1) is 11.3 Å². The maximum absolute atomic E-state index is 8.92. The highest BCUT2D eigenvalue weighted by atomic mass is 32.1. The Balaban J connectivity index is 1.44. The highest BCUT2D eigenvalue weighted by Gasteiger charge is 2.27. The van der Waals surface area contributed by atoms with Gasteiger partial charge in [0.1, 0.15) is 6.07 Å². The molecular formula is C17H20N4S. The van der Waals surface area contributed by atoms with Crippen molar-refractivity contribution in [2.45, 2.75) is 44.7 Å². The molecule has 1 unspecified atom stereocenters. The van der Waals surface area contributed by atoms with Gasteiger partial charge in [-0.2, -0.15) is 5.26 Å². The van der Waals surface area contributed by atoms with Gasteiger partial charge in [-0.3, -0.25) is 4.90 Å². The van der Waals surface area contributed by atoms with Crippen LogP contribution >= 0.6 is 11.3 Å². The largest absolute Gasteiger partial charge is 0.330 e. The number of nitrogens with zero attached hydrogens (tertiary/aromatic N) is 4. The summed E-state index contributed by atoms with van der Waals surface area (Å²) >= 11 is 1.70. The number of aryl methyl sites for hydroxylation is 1. The highest BCUT2D eigenvalue weighted by molar-refractivity contribution is 7.10. The van der Waals surface area contributed by atoms with Gasteiger partial charge in [0.2, 0.25) is 0 Å². The second-order valence-electron chi connectivity index (χ2n) is 6.34. The van der Waals surface area contributed by atoms with Gasteiger partial charge in [0.25, 0.3) is 0 Å². The fourth-order valence-corrected chi connectivity index (χ4v) is 4.58. The topological polar surface area (TPSA) is 44.9 Å². The summed E-state index contributed by atoms with van der Waals surface area (Å²) in [5.41, 5.74) is 3.61. The van der Waals surface area contributed by atoms with Crippen LogP contribution in [-0.2, 0) is 19.4 Å². The molecule has 0 saturated carbocycles. The molecule has 0 radical (unpaired) electrons. The highest BCUT2D eigenvalue weighted by Crippen LogP contribution is 2.29. The van der Waals surface area contributed by atoms with Crippen LogP contribution in [-0.4, -0.2) is 27.5 Å². The molecule has 0 bridgehead atoms. The van der Waals surface area contributed by atoms with Gasteiger partial charge >= 0.3 is 0 Å². The number of likely N-dealkylation sites (tertiary alicyclic amines) is 1.